The van der Waals surface area contributed by atoms with E-state index in [0.717, 1.165) is 31.7 Å². The van der Waals surface area contributed by atoms with Crippen LogP contribution in [-0.2, 0) is 6.54 Å². The third-order valence-electron chi connectivity index (χ3n) is 4.06. The quantitative estimate of drug-likeness (QED) is 0.903. The van der Waals surface area contributed by atoms with Gasteiger partial charge in [-0.15, -0.1) is 0 Å². The Balaban J connectivity index is 1.85. The van der Waals surface area contributed by atoms with Crippen molar-refractivity contribution in [2.75, 3.05) is 25.0 Å². The van der Waals surface area contributed by atoms with E-state index in [1.54, 1.807) is 4.68 Å². The van der Waals surface area contributed by atoms with Crippen molar-refractivity contribution in [3.8, 4) is 0 Å². The van der Waals surface area contributed by atoms with Crippen LogP contribution in [0.3, 0.4) is 0 Å². The largest absolute Gasteiger partial charge is 0.368 e. The highest BCUT2D eigenvalue weighted by atomic mass is 79.9. The van der Waals surface area contributed by atoms with E-state index >= 15 is 0 Å². The van der Waals surface area contributed by atoms with E-state index in [9.17, 15) is 4.79 Å². The molecule has 5 nitrogen and oxygen atoms in total. The molecule has 0 amide bonds. The number of nitrogens with zero attached hydrogens (tertiary/aromatic N) is 3. The fourth-order valence-electron chi connectivity index (χ4n) is 2.54. The molecule has 1 aliphatic carbocycles. The fourth-order valence-corrected chi connectivity index (χ4v) is 3.13. The molecule has 1 unspecified atom stereocenters. The van der Waals surface area contributed by atoms with Crippen LogP contribution in [0.5, 0.6) is 0 Å². The van der Waals surface area contributed by atoms with E-state index in [2.05, 4.69) is 31.2 Å². The summed E-state index contributed by atoms with van der Waals surface area (Å²) in [6.07, 6.45) is 5.36. The van der Waals surface area contributed by atoms with Crippen LogP contribution in [0.4, 0.5) is 5.69 Å². The lowest BCUT2D eigenvalue weighted by Gasteiger charge is -2.26. The summed E-state index contributed by atoms with van der Waals surface area (Å²) in [6, 6.07) is 0.441. The average Bonchev–Trinajstić information content (AvgIpc) is 3.05. The molecule has 0 aromatic carbocycles. The number of hydrogen-bond acceptors (Lipinski definition) is 4. The van der Waals surface area contributed by atoms with Crippen LogP contribution in [0, 0.1) is 5.92 Å². The molecular formula is C13H19BrN4O. The summed E-state index contributed by atoms with van der Waals surface area (Å²) < 4.78 is 2.23. The molecule has 0 radical (unpaired) electrons. The van der Waals surface area contributed by atoms with Gasteiger partial charge in [-0.3, -0.25) is 4.79 Å². The Labute approximate surface area is 121 Å². The number of rotatable bonds is 4. The van der Waals surface area contributed by atoms with Gasteiger partial charge in [0.2, 0.25) is 0 Å². The molecule has 3 rings (SSSR count). The second kappa shape index (κ2) is 5.25. The van der Waals surface area contributed by atoms with E-state index in [1.165, 1.54) is 12.8 Å². The summed E-state index contributed by atoms with van der Waals surface area (Å²) >= 11 is 3.45. The normalized spacial score (nSPS) is 22.7. The predicted octanol–water partition coefficient (Wildman–Crippen LogP) is 1.21. The molecule has 2 fully saturated rings. The van der Waals surface area contributed by atoms with E-state index < -0.39 is 0 Å². The topological polar surface area (TPSA) is 50.2 Å². The maximum Gasteiger partial charge on any atom is 0.283 e. The summed E-state index contributed by atoms with van der Waals surface area (Å²) in [6.45, 7) is 2.76. The van der Waals surface area contributed by atoms with Crippen molar-refractivity contribution in [3.05, 3.63) is 21.0 Å². The van der Waals surface area contributed by atoms with E-state index in [4.69, 9.17) is 0 Å². The number of nitrogens with one attached hydrogen (secondary N) is 1. The maximum absolute atomic E-state index is 12.3. The van der Waals surface area contributed by atoms with Crippen LogP contribution in [0.25, 0.3) is 0 Å². The van der Waals surface area contributed by atoms with Crippen LogP contribution >= 0.6 is 15.9 Å². The van der Waals surface area contributed by atoms with Crippen LogP contribution in [0.1, 0.15) is 19.3 Å². The number of anilines is 1. The van der Waals surface area contributed by atoms with Crippen molar-refractivity contribution in [3.63, 3.8) is 0 Å². The van der Waals surface area contributed by atoms with Crippen molar-refractivity contribution < 1.29 is 0 Å². The van der Waals surface area contributed by atoms with Gasteiger partial charge in [-0.05, 0) is 47.7 Å². The van der Waals surface area contributed by atoms with Gasteiger partial charge in [0.1, 0.15) is 4.47 Å². The molecule has 6 heteroatoms. The van der Waals surface area contributed by atoms with Crippen molar-refractivity contribution in [1.29, 1.82) is 0 Å². The lowest BCUT2D eigenvalue weighted by Crippen LogP contribution is -2.36. The molecule has 19 heavy (non-hydrogen) atoms. The minimum absolute atomic E-state index is 0.0118. The molecule has 1 aromatic heterocycles. The number of aromatic nitrogens is 2. The molecule has 1 aliphatic heterocycles. The highest BCUT2D eigenvalue weighted by Crippen LogP contribution is 2.30. The van der Waals surface area contributed by atoms with Crippen molar-refractivity contribution in [2.45, 2.75) is 31.8 Å². The van der Waals surface area contributed by atoms with Crippen LogP contribution in [-0.4, -0.2) is 36.0 Å². The Morgan fingerprint density at radius 2 is 2.32 bits per heavy atom. The van der Waals surface area contributed by atoms with Crippen molar-refractivity contribution >= 4 is 21.6 Å². The van der Waals surface area contributed by atoms with Gasteiger partial charge in [0.15, 0.2) is 0 Å². The summed E-state index contributed by atoms with van der Waals surface area (Å²) in [5.74, 6) is 0.653. The van der Waals surface area contributed by atoms with Gasteiger partial charge in [0.25, 0.3) is 5.56 Å². The predicted molar refractivity (Wildman–Crippen MR) is 78.6 cm³/mol. The van der Waals surface area contributed by atoms with Gasteiger partial charge >= 0.3 is 0 Å². The lowest BCUT2D eigenvalue weighted by atomic mass is 10.2. The molecular weight excluding hydrogens is 308 g/mol. The van der Waals surface area contributed by atoms with Crippen LogP contribution in [0.15, 0.2) is 15.5 Å². The molecule has 1 saturated carbocycles. The van der Waals surface area contributed by atoms with Gasteiger partial charge in [0.05, 0.1) is 11.9 Å². The third kappa shape index (κ3) is 2.69. The van der Waals surface area contributed by atoms with Crippen LogP contribution < -0.4 is 15.8 Å². The number of likely N-dealkylation sites (N-methyl/N-ethyl adjacent to an activating group) is 1. The zero-order valence-electron chi connectivity index (χ0n) is 11.1. The highest BCUT2D eigenvalue weighted by Gasteiger charge is 2.25. The Morgan fingerprint density at radius 3 is 2.95 bits per heavy atom. The minimum atomic E-state index is -0.0118. The molecule has 2 aliphatic rings. The summed E-state index contributed by atoms with van der Waals surface area (Å²) in [5.41, 5.74) is 0.882. The molecule has 1 N–H and O–H groups in total. The zero-order valence-corrected chi connectivity index (χ0v) is 12.7. The van der Waals surface area contributed by atoms with E-state index in [1.807, 2.05) is 13.2 Å². The number of hydrogen-bond donors (Lipinski definition) is 1. The first kappa shape index (κ1) is 13.1. The maximum atomic E-state index is 12.3. The van der Waals surface area contributed by atoms with E-state index in [0.29, 0.717) is 16.4 Å². The van der Waals surface area contributed by atoms with Gasteiger partial charge < -0.3 is 10.2 Å². The van der Waals surface area contributed by atoms with Crippen LogP contribution in [0.2, 0.25) is 0 Å². The van der Waals surface area contributed by atoms with Crippen molar-refractivity contribution in [1.82, 2.24) is 15.1 Å². The molecule has 104 valence electrons. The first-order valence-electron chi connectivity index (χ1n) is 6.86. The summed E-state index contributed by atoms with van der Waals surface area (Å²) in [7, 11) is 2.03. The van der Waals surface area contributed by atoms with Gasteiger partial charge in [-0.1, -0.05) is 0 Å². The Kier molecular flexibility index (Phi) is 3.62. The summed E-state index contributed by atoms with van der Waals surface area (Å²) in [4.78, 5) is 14.4. The first-order valence-corrected chi connectivity index (χ1v) is 7.65. The molecule has 1 aromatic rings. The first-order chi connectivity index (χ1) is 9.16. The van der Waals surface area contributed by atoms with Crippen molar-refractivity contribution in [2.24, 2.45) is 5.92 Å². The van der Waals surface area contributed by atoms with Gasteiger partial charge in [0, 0.05) is 26.2 Å². The minimum Gasteiger partial charge on any atom is -0.368 e. The SMILES string of the molecule is CN(c1cnn(CC2CC2)c(=O)c1Br)C1CCNC1. The molecule has 2 heterocycles. The highest BCUT2D eigenvalue weighted by molar-refractivity contribution is 9.10. The van der Waals surface area contributed by atoms with Gasteiger partial charge in [-0.25, -0.2) is 4.68 Å². The Bertz CT molecular complexity index is 520. The smallest absolute Gasteiger partial charge is 0.283 e. The molecule has 0 bridgehead atoms. The van der Waals surface area contributed by atoms with E-state index in [-0.39, 0.29) is 5.56 Å². The fraction of sp³-hybridized carbons (Fsp3) is 0.692. The third-order valence-corrected chi connectivity index (χ3v) is 4.80. The Morgan fingerprint density at radius 1 is 1.53 bits per heavy atom. The molecule has 1 saturated heterocycles. The molecule has 0 spiro atoms. The molecule has 1 atom stereocenters. The second-order valence-electron chi connectivity index (χ2n) is 5.53. The lowest BCUT2D eigenvalue weighted by molar-refractivity contribution is 0.529. The average molecular weight is 327 g/mol. The Hall–Kier alpha value is -0.880. The summed E-state index contributed by atoms with van der Waals surface area (Å²) in [5, 5.41) is 7.67. The second-order valence-corrected chi connectivity index (χ2v) is 6.32. The number of halogens is 1. The standard InChI is InChI=1S/C13H19BrN4O/c1-17(10-4-5-15-6-10)11-7-16-18(8-9-2-3-9)13(19)12(11)14/h7,9-10,15H,2-6,8H2,1H3. The van der Waals surface area contributed by atoms with Gasteiger partial charge in [-0.2, -0.15) is 5.10 Å². The zero-order chi connectivity index (χ0) is 13.4. The monoisotopic (exact) mass is 326 g/mol.